The Morgan fingerprint density at radius 3 is 3.00 bits per heavy atom. The van der Waals surface area contributed by atoms with Crippen molar-refractivity contribution in [1.82, 2.24) is 10.3 Å². The highest BCUT2D eigenvalue weighted by molar-refractivity contribution is 5.92. The van der Waals surface area contributed by atoms with E-state index in [1.807, 2.05) is 0 Å². The molecule has 2 unspecified atom stereocenters. The molecule has 0 saturated heterocycles. The maximum atomic E-state index is 11.8. The number of H-pyrrole nitrogens is 1. The van der Waals surface area contributed by atoms with Crippen molar-refractivity contribution in [3.05, 3.63) is 34.2 Å². The molecular formula is C14H20N2O2. The molecule has 98 valence electrons. The molecule has 1 amide bonds. The number of carbonyl (C=O) groups excluding carboxylic acids is 1. The van der Waals surface area contributed by atoms with Crippen molar-refractivity contribution in [2.24, 2.45) is 11.8 Å². The van der Waals surface area contributed by atoms with Gasteiger partial charge in [-0.25, -0.2) is 0 Å². The van der Waals surface area contributed by atoms with Crippen molar-refractivity contribution in [2.75, 3.05) is 6.54 Å². The predicted octanol–water partition coefficient (Wildman–Crippen LogP) is 1.93. The van der Waals surface area contributed by atoms with Crippen molar-refractivity contribution in [2.45, 2.75) is 32.6 Å². The molecule has 2 atom stereocenters. The Labute approximate surface area is 107 Å². The summed E-state index contributed by atoms with van der Waals surface area (Å²) in [5.74, 6) is 1.15. The Balaban J connectivity index is 1.86. The van der Waals surface area contributed by atoms with Crippen molar-refractivity contribution in [3.63, 3.8) is 0 Å². The first kappa shape index (κ1) is 12.9. The minimum absolute atomic E-state index is 0.189. The van der Waals surface area contributed by atoms with Crippen LogP contribution in [0.3, 0.4) is 0 Å². The molecule has 0 aromatic carbocycles. The molecule has 18 heavy (non-hydrogen) atoms. The predicted molar refractivity (Wildman–Crippen MR) is 70.5 cm³/mol. The summed E-state index contributed by atoms with van der Waals surface area (Å²) in [5, 5.41) is 2.91. The monoisotopic (exact) mass is 248 g/mol. The van der Waals surface area contributed by atoms with E-state index in [4.69, 9.17) is 0 Å². The smallest absolute Gasteiger partial charge is 0.267 e. The quantitative estimate of drug-likeness (QED) is 0.858. The first-order valence-corrected chi connectivity index (χ1v) is 6.62. The van der Waals surface area contributed by atoms with Crippen LogP contribution in [0.2, 0.25) is 0 Å². The van der Waals surface area contributed by atoms with E-state index < -0.39 is 0 Å². The third-order valence-corrected chi connectivity index (χ3v) is 3.61. The lowest BCUT2D eigenvalue weighted by atomic mass is 9.82. The van der Waals surface area contributed by atoms with Gasteiger partial charge >= 0.3 is 0 Å². The highest BCUT2D eigenvalue weighted by Gasteiger charge is 2.19. The summed E-state index contributed by atoms with van der Waals surface area (Å²) in [7, 11) is 0. The van der Waals surface area contributed by atoms with Gasteiger partial charge < -0.3 is 10.3 Å². The van der Waals surface area contributed by atoms with Crippen LogP contribution in [0.1, 0.15) is 43.1 Å². The fraction of sp³-hybridized carbons (Fsp3) is 0.571. The van der Waals surface area contributed by atoms with Crippen LogP contribution in [-0.4, -0.2) is 17.4 Å². The van der Waals surface area contributed by atoms with Crippen LogP contribution in [0, 0.1) is 11.8 Å². The lowest BCUT2D eigenvalue weighted by Crippen LogP contribution is -2.32. The molecule has 2 rings (SSSR count). The topological polar surface area (TPSA) is 62.0 Å². The molecule has 1 aromatic heterocycles. The average molecular weight is 248 g/mol. The third kappa shape index (κ3) is 3.45. The number of pyridine rings is 1. The molecule has 4 nitrogen and oxygen atoms in total. The number of rotatable bonds is 3. The number of hydrogen-bond donors (Lipinski definition) is 2. The van der Waals surface area contributed by atoms with Gasteiger partial charge in [0, 0.05) is 12.6 Å². The standard InChI is InChI=1S/C14H20N2O2/c1-10-4-2-5-11(8-10)9-15-14(18)12-6-3-7-13(17)16-12/h3,6-7,10-11H,2,4-5,8-9H2,1H3,(H,15,18)(H,16,17). The highest BCUT2D eigenvalue weighted by Crippen LogP contribution is 2.27. The van der Waals surface area contributed by atoms with E-state index in [1.165, 1.54) is 31.7 Å². The number of aromatic amines is 1. The Hall–Kier alpha value is -1.58. The number of amides is 1. The van der Waals surface area contributed by atoms with E-state index in [1.54, 1.807) is 12.1 Å². The molecule has 1 saturated carbocycles. The lowest BCUT2D eigenvalue weighted by Gasteiger charge is -2.26. The summed E-state index contributed by atoms with van der Waals surface area (Å²) in [6, 6.07) is 4.62. The summed E-state index contributed by atoms with van der Waals surface area (Å²) >= 11 is 0. The normalized spacial score (nSPS) is 23.6. The second kappa shape index (κ2) is 5.85. The molecule has 0 aliphatic heterocycles. The average Bonchev–Trinajstić information content (AvgIpc) is 2.36. The Morgan fingerprint density at radius 2 is 2.28 bits per heavy atom. The minimum Gasteiger partial charge on any atom is -0.350 e. The fourth-order valence-corrected chi connectivity index (χ4v) is 2.66. The van der Waals surface area contributed by atoms with Crippen LogP contribution in [0.25, 0.3) is 0 Å². The van der Waals surface area contributed by atoms with E-state index in [0.29, 0.717) is 18.2 Å². The minimum atomic E-state index is -0.242. The maximum Gasteiger partial charge on any atom is 0.267 e. The van der Waals surface area contributed by atoms with Crippen LogP contribution in [0.4, 0.5) is 0 Å². The van der Waals surface area contributed by atoms with Gasteiger partial charge in [0.2, 0.25) is 5.56 Å². The SMILES string of the molecule is CC1CCCC(CNC(=O)c2cccc(=O)[nH]2)C1. The van der Waals surface area contributed by atoms with Gasteiger partial charge in [-0.3, -0.25) is 9.59 Å². The first-order chi connectivity index (χ1) is 8.65. The number of carbonyl (C=O) groups is 1. The molecule has 4 heteroatoms. The second-order valence-corrected chi connectivity index (χ2v) is 5.28. The van der Waals surface area contributed by atoms with Gasteiger partial charge in [0.25, 0.3) is 5.91 Å². The Kier molecular flexibility index (Phi) is 4.18. The molecule has 1 fully saturated rings. The zero-order chi connectivity index (χ0) is 13.0. The molecule has 0 radical (unpaired) electrons. The highest BCUT2D eigenvalue weighted by atomic mass is 16.2. The summed E-state index contributed by atoms with van der Waals surface area (Å²) in [4.78, 5) is 25.5. The fourth-order valence-electron chi connectivity index (χ4n) is 2.66. The molecule has 1 aliphatic rings. The molecule has 1 aromatic rings. The van der Waals surface area contributed by atoms with Gasteiger partial charge in [0.1, 0.15) is 5.69 Å². The first-order valence-electron chi connectivity index (χ1n) is 6.62. The summed E-state index contributed by atoms with van der Waals surface area (Å²) in [6.07, 6.45) is 4.93. The lowest BCUT2D eigenvalue weighted by molar-refractivity contribution is 0.0935. The summed E-state index contributed by atoms with van der Waals surface area (Å²) in [6.45, 7) is 2.97. The Bertz CT molecular complexity index is 467. The molecule has 1 aliphatic carbocycles. The van der Waals surface area contributed by atoms with E-state index in [2.05, 4.69) is 17.2 Å². The molecule has 0 bridgehead atoms. The van der Waals surface area contributed by atoms with Crippen LogP contribution in [0.5, 0.6) is 0 Å². The molecule has 0 spiro atoms. The van der Waals surface area contributed by atoms with Crippen molar-refractivity contribution in [1.29, 1.82) is 0 Å². The van der Waals surface area contributed by atoms with Crippen LogP contribution in [-0.2, 0) is 0 Å². The Morgan fingerprint density at radius 1 is 1.44 bits per heavy atom. The van der Waals surface area contributed by atoms with Gasteiger partial charge in [-0.2, -0.15) is 0 Å². The third-order valence-electron chi connectivity index (χ3n) is 3.61. The van der Waals surface area contributed by atoms with E-state index >= 15 is 0 Å². The van der Waals surface area contributed by atoms with Crippen LogP contribution < -0.4 is 10.9 Å². The van der Waals surface area contributed by atoms with E-state index in [9.17, 15) is 9.59 Å². The number of hydrogen-bond acceptors (Lipinski definition) is 2. The number of nitrogens with one attached hydrogen (secondary N) is 2. The summed E-state index contributed by atoms with van der Waals surface area (Å²) in [5.41, 5.74) is 0.0975. The zero-order valence-corrected chi connectivity index (χ0v) is 10.7. The second-order valence-electron chi connectivity index (χ2n) is 5.28. The van der Waals surface area contributed by atoms with Gasteiger partial charge in [-0.05, 0) is 30.7 Å². The van der Waals surface area contributed by atoms with Crippen molar-refractivity contribution in [3.8, 4) is 0 Å². The summed E-state index contributed by atoms with van der Waals surface area (Å²) < 4.78 is 0. The van der Waals surface area contributed by atoms with Crippen molar-refractivity contribution >= 4 is 5.91 Å². The van der Waals surface area contributed by atoms with Crippen LogP contribution in [0.15, 0.2) is 23.0 Å². The van der Waals surface area contributed by atoms with Gasteiger partial charge in [0.05, 0.1) is 0 Å². The van der Waals surface area contributed by atoms with Crippen molar-refractivity contribution < 1.29 is 4.79 Å². The van der Waals surface area contributed by atoms with E-state index in [-0.39, 0.29) is 11.5 Å². The van der Waals surface area contributed by atoms with Crippen LogP contribution >= 0.6 is 0 Å². The largest absolute Gasteiger partial charge is 0.350 e. The van der Waals surface area contributed by atoms with Gasteiger partial charge in [-0.15, -0.1) is 0 Å². The molecule has 2 N–H and O–H groups in total. The van der Waals surface area contributed by atoms with E-state index in [0.717, 1.165) is 5.92 Å². The molecule has 1 heterocycles. The number of aromatic nitrogens is 1. The zero-order valence-electron chi connectivity index (χ0n) is 10.7. The van der Waals surface area contributed by atoms with Gasteiger partial charge in [-0.1, -0.05) is 25.8 Å². The molecular weight excluding hydrogens is 228 g/mol. The van der Waals surface area contributed by atoms with Gasteiger partial charge in [0.15, 0.2) is 0 Å². The maximum absolute atomic E-state index is 11.8.